The largest absolute Gasteiger partial charge is 0.491 e. The summed E-state index contributed by atoms with van der Waals surface area (Å²) in [5.74, 6) is 0.179. The van der Waals surface area contributed by atoms with Crippen LogP contribution in [0.25, 0.3) is 6.08 Å². The second-order valence-electron chi connectivity index (χ2n) is 6.50. The van der Waals surface area contributed by atoms with Crippen LogP contribution in [0.5, 0.6) is 0 Å². The first-order valence-corrected chi connectivity index (χ1v) is 9.66. The molecule has 28 heavy (non-hydrogen) atoms. The number of hydrogen-bond donors (Lipinski definition) is 1. The number of carbonyl (C=O) groups is 1. The predicted molar refractivity (Wildman–Crippen MR) is 113 cm³/mol. The average Bonchev–Trinajstić information content (AvgIpc) is 2.74. The number of benzene rings is 2. The van der Waals surface area contributed by atoms with Gasteiger partial charge in [0.25, 0.3) is 5.91 Å². The normalized spacial score (nSPS) is 11.6. The quantitative estimate of drug-likeness (QED) is 0.272. The molecular weight excluding hydrogens is 350 g/mol. The van der Waals surface area contributed by atoms with E-state index >= 15 is 0 Å². The number of hydrogen-bond acceptors (Lipinski definition) is 3. The van der Waals surface area contributed by atoms with Crippen molar-refractivity contribution in [3.05, 3.63) is 89.7 Å². The molecule has 4 heteroatoms. The third kappa shape index (κ3) is 7.41. The highest BCUT2D eigenvalue weighted by Gasteiger charge is 2.18. The Morgan fingerprint density at radius 2 is 1.68 bits per heavy atom. The van der Waals surface area contributed by atoms with Crippen LogP contribution in [0.4, 0.5) is 0 Å². The van der Waals surface area contributed by atoms with E-state index in [4.69, 9.17) is 9.84 Å². The number of aliphatic hydroxyl groups is 1. The summed E-state index contributed by atoms with van der Waals surface area (Å²) in [6, 6.07) is 19.8. The predicted octanol–water partition coefficient (Wildman–Crippen LogP) is 4.42. The summed E-state index contributed by atoms with van der Waals surface area (Å²) in [4.78, 5) is 14.8. The van der Waals surface area contributed by atoms with E-state index in [0.717, 1.165) is 30.4 Å². The van der Waals surface area contributed by atoms with Gasteiger partial charge in [0.05, 0.1) is 7.11 Å². The van der Waals surface area contributed by atoms with Crippen LogP contribution >= 0.6 is 0 Å². The summed E-state index contributed by atoms with van der Waals surface area (Å²) in [6.45, 7) is 1.33. The summed E-state index contributed by atoms with van der Waals surface area (Å²) in [7, 11) is 1.52. The number of carbonyl (C=O) groups excluding carboxylic acids is 1. The second-order valence-corrected chi connectivity index (χ2v) is 6.50. The van der Waals surface area contributed by atoms with E-state index in [1.165, 1.54) is 7.11 Å². The minimum absolute atomic E-state index is 0.131. The number of unbranched alkanes of at least 4 members (excludes halogenated alkanes) is 2. The summed E-state index contributed by atoms with van der Waals surface area (Å²) in [5.41, 5.74) is 2.14. The first-order valence-electron chi connectivity index (χ1n) is 9.66. The summed E-state index contributed by atoms with van der Waals surface area (Å²) >= 11 is 0. The van der Waals surface area contributed by atoms with Crippen LogP contribution in [0.1, 0.15) is 30.4 Å². The number of allylic oxidation sites excluding steroid dienone is 2. The highest BCUT2D eigenvalue weighted by Crippen LogP contribution is 2.12. The maximum atomic E-state index is 13.0. The van der Waals surface area contributed by atoms with E-state index in [1.807, 2.05) is 72.8 Å². The Balaban J connectivity index is 2.10. The molecule has 2 aromatic carbocycles. The zero-order valence-electron chi connectivity index (χ0n) is 16.5. The molecule has 0 bridgehead atoms. The van der Waals surface area contributed by atoms with Gasteiger partial charge in [-0.25, -0.2) is 0 Å². The van der Waals surface area contributed by atoms with Gasteiger partial charge >= 0.3 is 0 Å². The summed E-state index contributed by atoms with van der Waals surface area (Å²) in [5, 5.41) is 8.98. The molecule has 0 spiro atoms. The van der Waals surface area contributed by atoms with Crippen LogP contribution in [0.3, 0.4) is 0 Å². The van der Waals surface area contributed by atoms with Crippen molar-refractivity contribution in [3.8, 4) is 0 Å². The molecule has 0 fully saturated rings. The third-order valence-corrected chi connectivity index (χ3v) is 4.36. The fourth-order valence-corrected chi connectivity index (χ4v) is 2.84. The molecule has 0 saturated heterocycles. The van der Waals surface area contributed by atoms with Crippen molar-refractivity contribution in [1.29, 1.82) is 0 Å². The van der Waals surface area contributed by atoms with Gasteiger partial charge in [-0.3, -0.25) is 4.79 Å². The lowest BCUT2D eigenvalue weighted by Crippen LogP contribution is -2.33. The van der Waals surface area contributed by atoms with Crippen molar-refractivity contribution in [2.45, 2.75) is 25.8 Å². The molecule has 0 unspecified atom stereocenters. The molecule has 148 valence electrons. The van der Waals surface area contributed by atoms with Crippen molar-refractivity contribution in [3.63, 3.8) is 0 Å². The van der Waals surface area contributed by atoms with E-state index in [-0.39, 0.29) is 12.5 Å². The molecular formula is C24H29NO3. The lowest BCUT2D eigenvalue weighted by molar-refractivity contribution is -0.131. The number of ether oxygens (including phenoxy) is 1. The van der Waals surface area contributed by atoms with Gasteiger partial charge in [0, 0.05) is 19.7 Å². The van der Waals surface area contributed by atoms with Crippen LogP contribution in [0, 0.1) is 0 Å². The molecule has 4 nitrogen and oxygen atoms in total. The first kappa shape index (κ1) is 21.5. The Morgan fingerprint density at radius 1 is 1.00 bits per heavy atom. The fraction of sp³-hybridized carbons (Fsp3) is 0.292. The SMILES string of the molecule is CO/C(=C/C=C/c1ccccc1)C(=O)N(CCCCCO)Cc1ccccc1. The van der Waals surface area contributed by atoms with Crippen molar-refractivity contribution >= 4 is 12.0 Å². The van der Waals surface area contributed by atoms with Crippen molar-refractivity contribution in [1.82, 2.24) is 4.90 Å². The van der Waals surface area contributed by atoms with E-state index in [9.17, 15) is 4.79 Å². The Labute approximate surface area is 167 Å². The highest BCUT2D eigenvalue weighted by molar-refractivity contribution is 5.91. The van der Waals surface area contributed by atoms with Crippen LogP contribution in [0.15, 0.2) is 78.6 Å². The molecule has 2 aromatic rings. The van der Waals surface area contributed by atoms with Crippen molar-refractivity contribution < 1.29 is 14.6 Å². The van der Waals surface area contributed by atoms with Crippen LogP contribution in [0.2, 0.25) is 0 Å². The van der Waals surface area contributed by atoms with Crippen LogP contribution in [-0.4, -0.2) is 36.2 Å². The second kappa shape index (κ2) is 12.5. The minimum Gasteiger partial charge on any atom is -0.491 e. The van der Waals surface area contributed by atoms with Gasteiger partial charge < -0.3 is 14.7 Å². The summed E-state index contributed by atoms with van der Waals surface area (Å²) in [6.07, 6.45) is 7.96. The average molecular weight is 380 g/mol. The number of nitrogens with zero attached hydrogens (tertiary/aromatic N) is 1. The molecule has 0 aliphatic rings. The lowest BCUT2D eigenvalue weighted by Gasteiger charge is -2.23. The lowest BCUT2D eigenvalue weighted by atomic mass is 10.1. The Morgan fingerprint density at radius 3 is 2.32 bits per heavy atom. The maximum absolute atomic E-state index is 13.0. The molecule has 1 amide bonds. The number of aliphatic hydroxyl groups excluding tert-OH is 1. The molecule has 0 aromatic heterocycles. The van der Waals surface area contributed by atoms with E-state index in [0.29, 0.717) is 18.8 Å². The maximum Gasteiger partial charge on any atom is 0.289 e. The minimum atomic E-state index is -0.131. The number of amides is 1. The van der Waals surface area contributed by atoms with Gasteiger partial charge in [-0.05, 0) is 36.5 Å². The van der Waals surface area contributed by atoms with Gasteiger partial charge in [-0.2, -0.15) is 0 Å². The zero-order valence-corrected chi connectivity index (χ0v) is 16.5. The topological polar surface area (TPSA) is 49.8 Å². The Bertz CT molecular complexity index is 754. The van der Waals surface area contributed by atoms with E-state index in [2.05, 4.69) is 0 Å². The van der Waals surface area contributed by atoms with Crippen molar-refractivity contribution in [2.75, 3.05) is 20.3 Å². The summed E-state index contributed by atoms with van der Waals surface area (Å²) < 4.78 is 5.37. The Hall–Kier alpha value is -2.85. The van der Waals surface area contributed by atoms with Gasteiger partial charge in [-0.1, -0.05) is 72.8 Å². The molecule has 0 atom stereocenters. The zero-order chi connectivity index (χ0) is 20.0. The number of rotatable bonds is 11. The third-order valence-electron chi connectivity index (χ3n) is 4.36. The van der Waals surface area contributed by atoms with E-state index in [1.54, 1.807) is 11.0 Å². The standard InChI is InChI=1S/C24H29NO3/c1-28-23(17-11-16-21-12-5-2-6-13-21)24(27)25(18-9-4-10-19-26)20-22-14-7-3-8-15-22/h2-3,5-8,11-17,26H,4,9-10,18-20H2,1H3/b16-11+,23-17+. The van der Waals surface area contributed by atoms with E-state index < -0.39 is 0 Å². The first-order chi connectivity index (χ1) is 13.7. The number of methoxy groups -OCH3 is 1. The molecule has 0 radical (unpaired) electrons. The highest BCUT2D eigenvalue weighted by atomic mass is 16.5. The monoisotopic (exact) mass is 379 g/mol. The van der Waals surface area contributed by atoms with Crippen LogP contribution in [-0.2, 0) is 16.1 Å². The molecule has 1 N–H and O–H groups in total. The van der Waals surface area contributed by atoms with Gasteiger partial charge in [0.2, 0.25) is 0 Å². The molecule has 0 saturated carbocycles. The van der Waals surface area contributed by atoms with Gasteiger partial charge in [0.15, 0.2) is 5.76 Å². The fourth-order valence-electron chi connectivity index (χ4n) is 2.84. The van der Waals surface area contributed by atoms with Gasteiger partial charge in [-0.15, -0.1) is 0 Å². The smallest absolute Gasteiger partial charge is 0.289 e. The molecule has 0 aliphatic heterocycles. The molecule has 0 aliphatic carbocycles. The molecule has 0 heterocycles. The van der Waals surface area contributed by atoms with Gasteiger partial charge in [0.1, 0.15) is 0 Å². The van der Waals surface area contributed by atoms with Crippen LogP contribution < -0.4 is 0 Å². The Kier molecular flexibility index (Phi) is 9.59. The molecule has 2 rings (SSSR count). The van der Waals surface area contributed by atoms with Crippen molar-refractivity contribution in [2.24, 2.45) is 0 Å².